The second-order valence-electron chi connectivity index (χ2n) is 10.5. The number of anilines is 3. The minimum absolute atomic E-state index is 0.161. The summed E-state index contributed by atoms with van der Waals surface area (Å²) >= 11 is 1.52. The number of nitrogens with one attached hydrogen (secondary N) is 2. The van der Waals surface area contributed by atoms with Gasteiger partial charge in [0.2, 0.25) is 0 Å². The molecule has 0 spiro atoms. The maximum atomic E-state index is 13.9. The van der Waals surface area contributed by atoms with Gasteiger partial charge >= 0.3 is 6.03 Å². The van der Waals surface area contributed by atoms with Crippen molar-refractivity contribution in [1.82, 2.24) is 14.9 Å². The van der Waals surface area contributed by atoms with Gasteiger partial charge in [-0.15, -0.1) is 11.3 Å². The zero-order valence-electron chi connectivity index (χ0n) is 23.9. The summed E-state index contributed by atoms with van der Waals surface area (Å²) < 4.78 is 15.8. The number of halogens is 1. The van der Waals surface area contributed by atoms with E-state index in [0.717, 1.165) is 39.4 Å². The van der Waals surface area contributed by atoms with E-state index >= 15 is 0 Å². The van der Waals surface area contributed by atoms with Crippen molar-refractivity contribution in [2.75, 3.05) is 41.7 Å². The van der Waals surface area contributed by atoms with Crippen molar-refractivity contribution >= 4 is 52.1 Å². The summed E-state index contributed by atoms with van der Waals surface area (Å²) in [6.07, 6.45) is 14.4. The van der Waals surface area contributed by atoms with Gasteiger partial charge in [-0.25, -0.2) is 18.7 Å². The first-order valence-electron chi connectivity index (χ1n) is 14.0. The average Bonchev–Trinajstić information content (AvgIpc) is 3.18. The van der Waals surface area contributed by atoms with Crippen LogP contribution in [0, 0.1) is 12.7 Å². The lowest BCUT2D eigenvalue weighted by Crippen LogP contribution is -2.50. The highest BCUT2D eigenvalue weighted by Crippen LogP contribution is 2.35. The number of piperazine rings is 1. The van der Waals surface area contributed by atoms with Crippen molar-refractivity contribution in [1.29, 1.82) is 0 Å². The van der Waals surface area contributed by atoms with Crippen molar-refractivity contribution < 1.29 is 18.5 Å². The van der Waals surface area contributed by atoms with Crippen molar-refractivity contribution in [3.8, 4) is 0 Å². The number of hydrogen-bond donors (Lipinski definition) is 2. The van der Waals surface area contributed by atoms with Gasteiger partial charge in [0.25, 0.3) is 12.2 Å². The predicted octanol–water partition coefficient (Wildman–Crippen LogP) is 5.07. The van der Waals surface area contributed by atoms with E-state index in [1.54, 1.807) is 29.6 Å². The highest BCUT2D eigenvalue weighted by Gasteiger charge is 2.24. The van der Waals surface area contributed by atoms with Crippen LogP contribution in [-0.2, 0) is 13.5 Å². The number of aryl methyl sites for hydroxylation is 1. The summed E-state index contributed by atoms with van der Waals surface area (Å²) in [5, 5.41) is 5.64. The molecule has 0 radical (unpaired) electrons. The quantitative estimate of drug-likeness (QED) is 0.314. The maximum Gasteiger partial charge on any atom is 0.322 e. The number of amides is 3. The SMILES string of the molecule is Cc1c(C(=O)Nc2ccc(N3CCN(C(=O)Nc4ccccc4F)CC3)nc2)sc2c1C=C(c1cnc[n+](C)c1)C=CC2. The molecule has 0 saturated carbocycles. The molecule has 4 aromatic rings. The number of pyridine rings is 1. The van der Waals surface area contributed by atoms with Gasteiger partial charge in [0.1, 0.15) is 17.8 Å². The van der Waals surface area contributed by atoms with Crippen LogP contribution in [0.2, 0.25) is 0 Å². The highest BCUT2D eigenvalue weighted by atomic mass is 32.1. The molecular weight excluding hydrogens is 565 g/mol. The van der Waals surface area contributed by atoms with E-state index in [4.69, 9.17) is 0 Å². The minimum atomic E-state index is -0.464. The number of benzene rings is 1. The van der Waals surface area contributed by atoms with Crippen LogP contribution in [0.1, 0.15) is 31.2 Å². The number of thiophene rings is 1. The van der Waals surface area contributed by atoms with E-state index in [1.807, 2.05) is 43.1 Å². The van der Waals surface area contributed by atoms with Gasteiger partial charge in [0.05, 0.1) is 35.1 Å². The molecule has 1 fully saturated rings. The Morgan fingerprint density at radius 1 is 1.05 bits per heavy atom. The van der Waals surface area contributed by atoms with E-state index in [9.17, 15) is 14.0 Å². The second-order valence-corrected chi connectivity index (χ2v) is 11.6. The summed E-state index contributed by atoms with van der Waals surface area (Å²) in [4.78, 5) is 40.3. The molecule has 0 atom stereocenters. The number of aromatic nitrogens is 3. The molecule has 2 aliphatic rings. The summed E-state index contributed by atoms with van der Waals surface area (Å²) in [5.74, 6) is 0.138. The molecule has 11 heteroatoms. The molecule has 3 aromatic heterocycles. The van der Waals surface area contributed by atoms with Gasteiger partial charge in [0.15, 0.2) is 6.20 Å². The molecule has 9 nitrogen and oxygen atoms in total. The van der Waals surface area contributed by atoms with Gasteiger partial charge in [-0.3, -0.25) is 4.79 Å². The Labute approximate surface area is 253 Å². The number of hydrogen-bond acceptors (Lipinski definition) is 6. The normalized spacial score (nSPS) is 14.5. The molecule has 1 aromatic carbocycles. The average molecular weight is 597 g/mol. The predicted molar refractivity (Wildman–Crippen MR) is 167 cm³/mol. The maximum absolute atomic E-state index is 13.9. The van der Waals surface area contributed by atoms with Gasteiger partial charge in [-0.2, -0.15) is 0 Å². The molecule has 1 aliphatic carbocycles. The fraction of sp³-hybridized carbons (Fsp3) is 0.219. The van der Waals surface area contributed by atoms with Crippen LogP contribution in [0.3, 0.4) is 0 Å². The van der Waals surface area contributed by atoms with Gasteiger partial charge < -0.3 is 20.4 Å². The first kappa shape index (κ1) is 28.2. The molecule has 3 amide bonds. The largest absolute Gasteiger partial charge is 0.353 e. The van der Waals surface area contributed by atoms with E-state index in [-0.39, 0.29) is 17.6 Å². The molecule has 43 heavy (non-hydrogen) atoms. The fourth-order valence-electron chi connectivity index (χ4n) is 5.20. The summed E-state index contributed by atoms with van der Waals surface area (Å²) in [6, 6.07) is 9.50. The molecule has 2 N–H and O–H groups in total. The van der Waals surface area contributed by atoms with Crippen LogP contribution in [0.5, 0.6) is 0 Å². The van der Waals surface area contributed by atoms with Crippen LogP contribution < -0.4 is 20.1 Å². The Morgan fingerprint density at radius 3 is 2.60 bits per heavy atom. The van der Waals surface area contributed by atoms with Gasteiger partial charge in [0, 0.05) is 37.5 Å². The number of para-hydroxylation sites is 1. The van der Waals surface area contributed by atoms with Gasteiger partial charge in [-0.05, 0) is 54.0 Å². The van der Waals surface area contributed by atoms with E-state index in [0.29, 0.717) is 36.7 Å². The Balaban J connectivity index is 1.08. The molecular formula is C32H31FN7O2S+. The fourth-order valence-corrected chi connectivity index (χ4v) is 6.36. The smallest absolute Gasteiger partial charge is 0.322 e. The van der Waals surface area contributed by atoms with E-state index < -0.39 is 5.82 Å². The number of carbonyl (C=O) groups excluding carboxylic acids is 2. The number of allylic oxidation sites excluding steroid dienone is 3. The van der Waals surface area contributed by atoms with Crippen LogP contribution >= 0.6 is 11.3 Å². The number of urea groups is 1. The van der Waals surface area contributed by atoms with Crippen molar-refractivity contribution in [2.45, 2.75) is 13.3 Å². The van der Waals surface area contributed by atoms with Crippen LogP contribution in [-0.4, -0.2) is 53.0 Å². The van der Waals surface area contributed by atoms with E-state index in [1.165, 1.54) is 23.5 Å². The molecule has 218 valence electrons. The third-order valence-corrected chi connectivity index (χ3v) is 8.86. The van der Waals surface area contributed by atoms with E-state index in [2.05, 4.69) is 43.7 Å². The lowest BCUT2D eigenvalue weighted by atomic mass is 10.0. The standard InChI is InChI=1S/C32H30FN7O2S/c1-21-25-16-22(23-17-34-20-38(2)19-23)6-5-9-28(25)43-30(21)31(41)36-24-10-11-29(35-18-24)39-12-14-40(15-13-39)32(42)37-27-8-4-3-7-26(27)33/h3-8,10-11,16-20H,9,12-15H2,1-2H3,(H-,36,37,41,42)/p+1. The van der Waals surface area contributed by atoms with Crippen LogP contribution in [0.25, 0.3) is 11.6 Å². The number of rotatable bonds is 5. The zero-order chi connectivity index (χ0) is 29.9. The van der Waals surface area contributed by atoms with Crippen LogP contribution in [0.4, 0.5) is 26.4 Å². The van der Waals surface area contributed by atoms with Crippen molar-refractivity contribution in [3.63, 3.8) is 0 Å². The molecule has 1 aliphatic heterocycles. The monoisotopic (exact) mass is 596 g/mol. The first-order chi connectivity index (χ1) is 20.9. The molecule has 0 bridgehead atoms. The Bertz CT molecular complexity index is 1740. The zero-order valence-corrected chi connectivity index (χ0v) is 24.7. The number of fused-ring (bicyclic) bond motifs is 1. The molecule has 6 rings (SSSR count). The summed E-state index contributed by atoms with van der Waals surface area (Å²) in [5.41, 5.74) is 4.88. The summed E-state index contributed by atoms with van der Waals surface area (Å²) in [7, 11) is 1.95. The summed E-state index contributed by atoms with van der Waals surface area (Å²) in [6.45, 7) is 4.13. The second kappa shape index (κ2) is 12.1. The molecule has 1 saturated heterocycles. The van der Waals surface area contributed by atoms with Gasteiger partial charge in [-0.1, -0.05) is 29.3 Å². The molecule has 0 unspecified atom stereocenters. The highest BCUT2D eigenvalue weighted by molar-refractivity contribution is 7.14. The Morgan fingerprint density at radius 2 is 1.86 bits per heavy atom. The minimum Gasteiger partial charge on any atom is -0.353 e. The lowest BCUT2D eigenvalue weighted by Gasteiger charge is -2.35. The van der Waals surface area contributed by atoms with Crippen molar-refractivity contribution in [2.24, 2.45) is 7.05 Å². The Hall–Kier alpha value is -4.90. The third-order valence-electron chi connectivity index (χ3n) is 7.53. The Kier molecular flexibility index (Phi) is 7.97. The lowest BCUT2D eigenvalue weighted by molar-refractivity contribution is -0.674. The van der Waals surface area contributed by atoms with Crippen LogP contribution in [0.15, 0.2) is 73.5 Å². The number of carbonyl (C=O) groups is 2. The molecule has 4 heterocycles. The number of nitrogens with zero attached hydrogens (tertiary/aromatic N) is 5. The topological polar surface area (TPSA) is 94.3 Å². The first-order valence-corrected chi connectivity index (χ1v) is 14.8. The third kappa shape index (κ3) is 6.17. The van der Waals surface area contributed by atoms with Crippen molar-refractivity contribution in [3.05, 3.63) is 106 Å².